The van der Waals surface area contributed by atoms with E-state index in [4.69, 9.17) is 16.4 Å². The average molecular weight is 421 g/mol. The van der Waals surface area contributed by atoms with Gasteiger partial charge < -0.3 is 9.94 Å². The quantitative estimate of drug-likeness (QED) is 0.553. The van der Waals surface area contributed by atoms with Crippen molar-refractivity contribution in [3.8, 4) is 0 Å². The molecule has 0 spiro atoms. The van der Waals surface area contributed by atoms with Gasteiger partial charge in [-0.3, -0.25) is 4.90 Å². The summed E-state index contributed by atoms with van der Waals surface area (Å²) in [6.45, 7) is 1.94. The number of hydrogen-bond donors (Lipinski definition) is 1. The van der Waals surface area contributed by atoms with Crippen LogP contribution in [0.2, 0.25) is 5.02 Å². The minimum atomic E-state index is -0.562. The molecule has 154 valence electrons. The van der Waals surface area contributed by atoms with Crippen LogP contribution >= 0.6 is 11.6 Å². The molecule has 0 fully saturated rings. The molecule has 5 heteroatoms. The summed E-state index contributed by atoms with van der Waals surface area (Å²) in [6.07, 6.45) is 0.115. The molecule has 4 rings (SSSR count). The van der Waals surface area contributed by atoms with E-state index in [1.165, 1.54) is 5.56 Å². The van der Waals surface area contributed by atoms with Crippen LogP contribution in [-0.2, 0) is 11.4 Å². The smallest absolute Gasteiger partial charge is 0.145 e. The third-order valence-corrected chi connectivity index (χ3v) is 5.49. The maximum atomic E-state index is 10.8. The number of nitrogens with zero attached hydrogens (tertiary/aromatic N) is 2. The third kappa shape index (κ3) is 5.48. The zero-order valence-electron chi connectivity index (χ0n) is 16.7. The van der Waals surface area contributed by atoms with Gasteiger partial charge in [0.1, 0.15) is 6.10 Å². The Balaban J connectivity index is 1.42. The van der Waals surface area contributed by atoms with Crippen molar-refractivity contribution in [1.29, 1.82) is 0 Å². The minimum absolute atomic E-state index is 0.0534. The van der Waals surface area contributed by atoms with Crippen LogP contribution in [0.4, 0.5) is 0 Å². The lowest BCUT2D eigenvalue weighted by molar-refractivity contribution is 0.0318. The molecule has 3 aromatic rings. The van der Waals surface area contributed by atoms with Gasteiger partial charge in [0, 0.05) is 31.1 Å². The summed E-state index contributed by atoms with van der Waals surface area (Å²) in [5.41, 5.74) is 4.08. The van der Waals surface area contributed by atoms with Crippen LogP contribution in [-0.4, -0.2) is 34.9 Å². The molecule has 4 nitrogen and oxygen atoms in total. The van der Waals surface area contributed by atoms with E-state index in [1.54, 1.807) is 0 Å². The molecule has 1 N–H and O–H groups in total. The van der Waals surface area contributed by atoms with Crippen molar-refractivity contribution >= 4 is 17.3 Å². The van der Waals surface area contributed by atoms with Crippen molar-refractivity contribution in [3.05, 3.63) is 107 Å². The zero-order chi connectivity index (χ0) is 20.8. The highest BCUT2D eigenvalue weighted by atomic mass is 35.5. The third-order valence-electron chi connectivity index (χ3n) is 5.24. The van der Waals surface area contributed by atoms with Gasteiger partial charge in [-0.15, -0.1) is 0 Å². The van der Waals surface area contributed by atoms with E-state index in [2.05, 4.69) is 22.2 Å². The highest BCUT2D eigenvalue weighted by Crippen LogP contribution is 2.22. The van der Waals surface area contributed by atoms with Crippen molar-refractivity contribution in [1.82, 2.24) is 4.90 Å². The predicted octanol–water partition coefficient (Wildman–Crippen LogP) is 5.07. The predicted molar refractivity (Wildman–Crippen MR) is 121 cm³/mol. The van der Waals surface area contributed by atoms with Crippen LogP contribution in [0, 0.1) is 0 Å². The number of oxime groups is 1. The van der Waals surface area contributed by atoms with Crippen molar-refractivity contribution in [2.24, 2.45) is 5.16 Å². The Bertz CT molecular complexity index is 961. The van der Waals surface area contributed by atoms with Gasteiger partial charge >= 0.3 is 0 Å². The molecule has 1 heterocycles. The first-order chi connectivity index (χ1) is 14.7. The maximum absolute atomic E-state index is 10.8. The molecule has 2 unspecified atom stereocenters. The number of halogens is 1. The Labute approximate surface area is 182 Å². The second-order valence-corrected chi connectivity index (χ2v) is 8.02. The van der Waals surface area contributed by atoms with Crippen molar-refractivity contribution in [2.45, 2.75) is 25.2 Å². The molecule has 0 saturated carbocycles. The molecule has 0 aliphatic carbocycles. The van der Waals surface area contributed by atoms with Gasteiger partial charge in [-0.25, -0.2) is 0 Å². The molecule has 2 atom stereocenters. The Morgan fingerprint density at radius 1 is 0.967 bits per heavy atom. The largest absolute Gasteiger partial charge is 0.390 e. The first-order valence-electron chi connectivity index (χ1n) is 10.2. The molecule has 1 aliphatic rings. The number of aliphatic hydroxyl groups is 1. The van der Waals surface area contributed by atoms with Gasteiger partial charge in [-0.2, -0.15) is 0 Å². The fraction of sp³-hybridized carbons (Fsp3) is 0.240. The second-order valence-electron chi connectivity index (χ2n) is 7.58. The Morgan fingerprint density at radius 3 is 2.33 bits per heavy atom. The van der Waals surface area contributed by atoms with Crippen LogP contribution < -0.4 is 0 Å². The normalized spacial score (nSPS) is 16.9. The second kappa shape index (κ2) is 9.90. The van der Waals surface area contributed by atoms with Gasteiger partial charge in [-0.05, 0) is 28.8 Å². The molecule has 0 radical (unpaired) electrons. The van der Waals surface area contributed by atoms with Crippen molar-refractivity contribution < 1.29 is 9.94 Å². The summed E-state index contributed by atoms with van der Waals surface area (Å²) in [6, 6.07) is 27.7. The van der Waals surface area contributed by atoms with E-state index < -0.39 is 6.10 Å². The van der Waals surface area contributed by atoms with E-state index in [9.17, 15) is 5.11 Å². The molecule has 0 amide bonds. The van der Waals surface area contributed by atoms with Crippen LogP contribution in [0.15, 0.2) is 90.1 Å². The standard InChI is InChI=1S/C25H25ClN2O2/c26-22-13-11-20(12-14-22)24-15-23(30-27-24)17-28(16-19-7-3-1-4-8-19)18-25(29)21-9-5-2-6-10-21/h1-14,23,25,29H,15-18H2. The Kier molecular flexibility index (Phi) is 6.80. The maximum Gasteiger partial charge on any atom is 0.145 e. The average Bonchev–Trinajstić information content (AvgIpc) is 3.24. The zero-order valence-corrected chi connectivity index (χ0v) is 17.4. The summed E-state index contributed by atoms with van der Waals surface area (Å²) in [4.78, 5) is 7.97. The monoisotopic (exact) mass is 420 g/mol. The van der Waals surface area contributed by atoms with E-state index in [0.29, 0.717) is 18.1 Å². The summed E-state index contributed by atoms with van der Waals surface area (Å²) in [7, 11) is 0. The molecule has 30 heavy (non-hydrogen) atoms. The lowest BCUT2D eigenvalue weighted by Gasteiger charge is -2.27. The highest BCUT2D eigenvalue weighted by molar-refractivity contribution is 6.30. The first kappa shape index (κ1) is 20.6. The van der Waals surface area contributed by atoms with Gasteiger partial charge in [0.05, 0.1) is 11.8 Å². The number of rotatable bonds is 8. The van der Waals surface area contributed by atoms with E-state index in [0.717, 1.165) is 29.8 Å². The Morgan fingerprint density at radius 2 is 1.63 bits per heavy atom. The van der Waals surface area contributed by atoms with Crippen LogP contribution in [0.5, 0.6) is 0 Å². The summed E-state index contributed by atoms with van der Waals surface area (Å²) in [5, 5.41) is 15.8. The number of aliphatic hydroxyl groups excluding tert-OH is 1. The molecule has 1 aliphatic heterocycles. The topological polar surface area (TPSA) is 45.1 Å². The minimum Gasteiger partial charge on any atom is -0.390 e. The van der Waals surface area contributed by atoms with Gasteiger partial charge in [0.25, 0.3) is 0 Å². The number of benzene rings is 3. The molecular formula is C25H25ClN2O2. The number of hydrogen-bond acceptors (Lipinski definition) is 4. The van der Waals surface area contributed by atoms with Gasteiger partial charge in [-0.1, -0.05) is 89.6 Å². The fourth-order valence-electron chi connectivity index (χ4n) is 3.70. The van der Waals surface area contributed by atoms with E-state index in [1.807, 2.05) is 72.8 Å². The molecule has 3 aromatic carbocycles. The first-order valence-corrected chi connectivity index (χ1v) is 10.5. The van der Waals surface area contributed by atoms with Gasteiger partial charge in [0.15, 0.2) is 0 Å². The van der Waals surface area contributed by atoms with Crippen LogP contribution in [0.3, 0.4) is 0 Å². The summed E-state index contributed by atoms with van der Waals surface area (Å²) < 4.78 is 0. The molecular weight excluding hydrogens is 396 g/mol. The fourth-order valence-corrected chi connectivity index (χ4v) is 3.82. The lowest BCUT2D eigenvalue weighted by atomic mass is 10.0. The molecule has 0 aromatic heterocycles. The summed E-state index contributed by atoms with van der Waals surface area (Å²) >= 11 is 5.99. The summed E-state index contributed by atoms with van der Waals surface area (Å²) in [5.74, 6) is 0. The van der Waals surface area contributed by atoms with E-state index in [-0.39, 0.29) is 6.10 Å². The molecule has 0 saturated heterocycles. The SMILES string of the molecule is OC(CN(Cc1ccccc1)CC1CC(c2ccc(Cl)cc2)=NO1)c1ccccc1. The molecule has 0 bridgehead atoms. The van der Waals surface area contributed by atoms with Crippen LogP contribution in [0.1, 0.15) is 29.2 Å². The van der Waals surface area contributed by atoms with Gasteiger partial charge in [0.2, 0.25) is 0 Å². The van der Waals surface area contributed by atoms with Crippen LogP contribution in [0.25, 0.3) is 0 Å². The highest BCUT2D eigenvalue weighted by Gasteiger charge is 2.26. The Hall–Kier alpha value is -2.66. The van der Waals surface area contributed by atoms with E-state index >= 15 is 0 Å². The van der Waals surface area contributed by atoms with Crippen molar-refractivity contribution in [2.75, 3.05) is 13.1 Å². The van der Waals surface area contributed by atoms with Crippen molar-refractivity contribution in [3.63, 3.8) is 0 Å². The lowest BCUT2D eigenvalue weighted by Crippen LogP contribution is -2.35.